The van der Waals surface area contributed by atoms with Crippen molar-refractivity contribution in [3.05, 3.63) is 35.4 Å². The Hall–Kier alpha value is -1.43. The molecule has 3 aliphatic rings. The normalized spacial score (nSPS) is 27.0. The van der Waals surface area contributed by atoms with E-state index in [4.69, 9.17) is 9.47 Å². The number of rotatable bonds is 1. The molecule has 1 aromatic carbocycles. The lowest BCUT2D eigenvalue weighted by Gasteiger charge is -2.45. The fraction of sp³-hybridized carbons (Fsp3) is 0.632. The number of carbonyl (C=O) groups is 1. The van der Waals surface area contributed by atoms with Crippen LogP contribution in [0.4, 0.5) is 0 Å². The summed E-state index contributed by atoms with van der Waals surface area (Å²) in [4.78, 5) is 16.9. The van der Waals surface area contributed by atoms with Crippen molar-refractivity contribution >= 4 is 5.91 Å². The number of morpholine rings is 1. The molecule has 0 radical (unpaired) electrons. The first-order valence-electron chi connectivity index (χ1n) is 8.99. The van der Waals surface area contributed by atoms with Crippen LogP contribution in [0, 0.1) is 0 Å². The van der Waals surface area contributed by atoms with Crippen LogP contribution in [0.5, 0.6) is 0 Å². The van der Waals surface area contributed by atoms with Crippen LogP contribution in [0.3, 0.4) is 0 Å². The summed E-state index contributed by atoms with van der Waals surface area (Å²) in [5.74, 6) is 0.139. The highest BCUT2D eigenvalue weighted by atomic mass is 16.5. The van der Waals surface area contributed by atoms with E-state index in [-0.39, 0.29) is 17.6 Å². The number of ether oxygens (including phenoxy) is 2. The number of nitrogens with zero attached hydrogens (tertiary/aromatic N) is 2. The molecule has 3 aliphatic heterocycles. The molecule has 0 bridgehead atoms. The van der Waals surface area contributed by atoms with Gasteiger partial charge in [-0.3, -0.25) is 4.79 Å². The Balaban J connectivity index is 1.45. The molecule has 1 aromatic rings. The van der Waals surface area contributed by atoms with Gasteiger partial charge in [-0.1, -0.05) is 24.3 Å². The van der Waals surface area contributed by atoms with E-state index in [0.29, 0.717) is 13.2 Å². The number of carbonyl (C=O) groups excluding carboxylic acids is 1. The Morgan fingerprint density at radius 3 is 2.75 bits per heavy atom. The van der Waals surface area contributed by atoms with Crippen molar-refractivity contribution in [2.45, 2.75) is 31.0 Å². The predicted molar refractivity (Wildman–Crippen MR) is 90.8 cm³/mol. The SMILES string of the molecule is CN1CCOC(C(=O)N2CCC3(CC2)OCCc2ccccc23)C1. The maximum atomic E-state index is 12.7. The number of fused-ring (bicyclic) bond motifs is 2. The van der Waals surface area contributed by atoms with Gasteiger partial charge in [0.2, 0.25) is 0 Å². The lowest BCUT2D eigenvalue weighted by atomic mass is 9.79. The smallest absolute Gasteiger partial charge is 0.253 e. The van der Waals surface area contributed by atoms with Gasteiger partial charge < -0.3 is 19.3 Å². The third-order valence-corrected chi connectivity index (χ3v) is 5.69. The average Bonchev–Trinajstić information content (AvgIpc) is 2.62. The molecule has 1 amide bonds. The van der Waals surface area contributed by atoms with Gasteiger partial charge in [0, 0.05) is 26.2 Å². The van der Waals surface area contributed by atoms with E-state index in [1.807, 2.05) is 11.9 Å². The maximum absolute atomic E-state index is 12.7. The Kier molecular flexibility index (Phi) is 4.33. The van der Waals surface area contributed by atoms with Crippen LogP contribution in [0.2, 0.25) is 0 Å². The summed E-state index contributed by atoms with van der Waals surface area (Å²) < 4.78 is 11.9. The number of hydrogen-bond acceptors (Lipinski definition) is 4. The van der Waals surface area contributed by atoms with Crippen molar-refractivity contribution in [1.82, 2.24) is 9.80 Å². The van der Waals surface area contributed by atoms with Gasteiger partial charge in [0.1, 0.15) is 6.10 Å². The summed E-state index contributed by atoms with van der Waals surface area (Å²) in [6.45, 7) is 4.51. The molecular weight excluding hydrogens is 304 g/mol. The van der Waals surface area contributed by atoms with Gasteiger partial charge in [-0.25, -0.2) is 0 Å². The Bertz CT molecular complexity index is 610. The highest BCUT2D eigenvalue weighted by Crippen LogP contribution is 2.41. The number of likely N-dealkylation sites (tertiary alicyclic amines) is 1. The summed E-state index contributed by atoms with van der Waals surface area (Å²) in [5, 5.41) is 0. The molecular formula is C19H26N2O3. The summed E-state index contributed by atoms with van der Waals surface area (Å²) in [6.07, 6.45) is 2.43. The molecule has 5 nitrogen and oxygen atoms in total. The lowest BCUT2D eigenvalue weighted by Crippen LogP contribution is -2.54. The van der Waals surface area contributed by atoms with Crippen LogP contribution in [-0.2, 0) is 26.3 Å². The second kappa shape index (κ2) is 6.47. The molecule has 0 N–H and O–H groups in total. The van der Waals surface area contributed by atoms with Crippen molar-refractivity contribution in [2.24, 2.45) is 0 Å². The Morgan fingerprint density at radius 2 is 1.96 bits per heavy atom. The minimum atomic E-state index is -0.308. The van der Waals surface area contributed by atoms with E-state index in [1.165, 1.54) is 11.1 Å². The molecule has 0 aromatic heterocycles. The van der Waals surface area contributed by atoms with Crippen LogP contribution in [-0.4, -0.2) is 68.3 Å². The van der Waals surface area contributed by atoms with Crippen molar-refractivity contribution in [1.29, 1.82) is 0 Å². The summed E-state index contributed by atoms with van der Waals surface area (Å²) >= 11 is 0. The first kappa shape index (κ1) is 16.1. The van der Waals surface area contributed by atoms with E-state index in [9.17, 15) is 4.79 Å². The van der Waals surface area contributed by atoms with Gasteiger partial charge in [0.15, 0.2) is 0 Å². The third-order valence-electron chi connectivity index (χ3n) is 5.69. The topological polar surface area (TPSA) is 42.0 Å². The fourth-order valence-electron chi connectivity index (χ4n) is 4.25. The monoisotopic (exact) mass is 330 g/mol. The number of hydrogen-bond donors (Lipinski definition) is 0. The Labute approximate surface area is 143 Å². The predicted octanol–water partition coefficient (Wildman–Crippen LogP) is 1.41. The standard InChI is InChI=1S/C19H26N2O3/c1-20-11-13-23-17(14-20)18(22)21-9-7-19(8-10-21)16-5-3-2-4-15(16)6-12-24-19/h2-5,17H,6-14H2,1H3. The molecule has 1 unspecified atom stereocenters. The molecule has 2 saturated heterocycles. The maximum Gasteiger partial charge on any atom is 0.253 e. The minimum Gasteiger partial charge on any atom is -0.370 e. The van der Waals surface area contributed by atoms with E-state index in [2.05, 4.69) is 29.2 Å². The first-order chi connectivity index (χ1) is 11.7. The molecule has 4 rings (SSSR count). The molecule has 24 heavy (non-hydrogen) atoms. The molecule has 3 heterocycles. The van der Waals surface area contributed by atoms with E-state index in [0.717, 1.165) is 45.5 Å². The minimum absolute atomic E-state index is 0.139. The second-order valence-corrected chi connectivity index (χ2v) is 7.20. The van der Waals surface area contributed by atoms with Crippen LogP contribution in [0.1, 0.15) is 24.0 Å². The van der Waals surface area contributed by atoms with Gasteiger partial charge in [0.25, 0.3) is 5.91 Å². The van der Waals surface area contributed by atoms with Crippen molar-refractivity contribution < 1.29 is 14.3 Å². The van der Waals surface area contributed by atoms with Crippen molar-refractivity contribution in [2.75, 3.05) is 46.4 Å². The van der Waals surface area contributed by atoms with Crippen LogP contribution in [0.15, 0.2) is 24.3 Å². The first-order valence-corrected chi connectivity index (χ1v) is 8.99. The van der Waals surface area contributed by atoms with Crippen molar-refractivity contribution in [3.8, 4) is 0 Å². The zero-order chi connectivity index (χ0) is 16.6. The molecule has 5 heteroatoms. The lowest BCUT2D eigenvalue weighted by molar-refractivity contribution is -0.156. The van der Waals surface area contributed by atoms with Gasteiger partial charge in [-0.2, -0.15) is 0 Å². The number of amides is 1. The van der Waals surface area contributed by atoms with Crippen LogP contribution < -0.4 is 0 Å². The summed E-state index contributed by atoms with van der Waals surface area (Å²) in [6, 6.07) is 8.61. The molecule has 1 atom stereocenters. The van der Waals surface area contributed by atoms with E-state index >= 15 is 0 Å². The Morgan fingerprint density at radius 1 is 1.17 bits per heavy atom. The third kappa shape index (κ3) is 2.85. The number of piperidine rings is 1. The van der Waals surface area contributed by atoms with Gasteiger partial charge in [-0.05, 0) is 37.4 Å². The zero-order valence-corrected chi connectivity index (χ0v) is 14.4. The van der Waals surface area contributed by atoms with Gasteiger partial charge in [0.05, 0.1) is 18.8 Å². The average molecular weight is 330 g/mol. The van der Waals surface area contributed by atoms with E-state index < -0.39 is 0 Å². The highest BCUT2D eigenvalue weighted by Gasteiger charge is 2.42. The molecule has 130 valence electrons. The summed E-state index contributed by atoms with van der Waals surface area (Å²) in [5.41, 5.74) is 2.54. The molecule has 0 saturated carbocycles. The van der Waals surface area contributed by atoms with Crippen molar-refractivity contribution in [3.63, 3.8) is 0 Å². The number of benzene rings is 1. The molecule has 1 spiro atoms. The largest absolute Gasteiger partial charge is 0.370 e. The quantitative estimate of drug-likeness (QED) is 0.781. The second-order valence-electron chi connectivity index (χ2n) is 7.20. The fourth-order valence-corrected chi connectivity index (χ4v) is 4.25. The molecule has 2 fully saturated rings. The van der Waals surface area contributed by atoms with Crippen LogP contribution >= 0.6 is 0 Å². The van der Waals surface area contributed by atoms with Gasteiger partial charge in [-0.15, -0.1) is 0 Å². The summed E-state index contributed by atoms with van der Waals surface area (Å²) in [7, 11) is 2.04. The molecule has 0 aliphatic carbocycles. The highest BCUT2D eigenvalue weighted by molar-refractivity contribution is 5.81. The number of likely N-dealkylation sites (N-methyl/N-ethyl adjacent to an activating group) is 1. The zero-order valence-electron chi connectivity index (χ0n) is 14.4. The van der Waals surface area contributed by atoms with Gasteiger partial charge >= 0.3 is 0 Å². The van der Waals surface area contributed by atoms with Crippen LogP contribution in [0.25, 0.3) is 0 Å². The van der Waals surface area contributed by atoms with E-state index in [1.54, 1.807) is 0 Å².